The lowest BCUT2D eigenvalue weighted by atomic mass is 10.1. The van der Waals surface area contributed by atoms with Gasteiger partial charge in [-0.2, -0.15) is 0 Å². The van der Waals surface area contributed by atoms with E-state index < -0.39 is 37.7 Å². The molecule has 37 heavy (non-hydrogen) atoms. The van der Waals surface area contributed by atoms with Gasteiger partial charge in [0.2, 0.25) is 5.91 Å². The van der Waals surface area contributed by atoms with Crippen LogP contribution in [0.1, 0.15) is 28.5 Å². The van der Waals surface area contributed by atoms with Crippen molar-refractivity contribution < 1.29 is 38.9 Å². The first-order valence-corrected chi connectivity index (χ1v) is 13.5. The minimum Gasteiger partial charge on any atom is -0.465 e. The molecule has 0 radical (unpaired) electrons. The van der Waals surface area contributed by atoms with E-state index in [-0.39, 0.29) is 56.1 Å². The summed E-state index contributed by atoms with van der Waals surface area (Å²) in [5, 5.41) is 21.0. The van der Waals surface area contributed by atoms with Crippen LogP contribution in [0, 0.1) is 5.92 Å². The fourth-order valence-corrected chi connectivity index (χ4v) is 5.02. The number of aliphatic hydroxyl groups excluding tert-OH is 1. The number of hydrogen-bond acceptors (Lipinski definition) is 7. The second-order valence-electron chi connectivity index (χ2n) is 9.12. The monoisotopic (exact) mass is 533 g/mol. The topological polar surface area (TPSA) is 193 Å². The molecule has 13 nitrogen and oxygen atoms in total. The van der Waals surface area contributed by atoms with E-state index in [1.807, 2.05) is 6.07 Å². The Morgan fingerprint density at radius 1 is 1.05 bits per heavy atom. The van der Waals surface area contributed by atoms with E-state index in [2.05, 4.69) is 15.3 Å². The molecule has 1 aliphatic carbocycles. The summed E-state index contributed by atoms with van der Waals surface area (Å²) >= 11 is 0. The minimum atomic E-state index is -4.71. The highest BCUT2D eigenvalue weighted by atomic mass is 31.2. The molecule has 3 amide bonds. The van der Waals surface area contributed by atoms with Crippen LogP contribution < -0.4 is 5.32 Å². The molecule has 0 spiro atoms. The number of nitrogens with one attached hydrogen (secondary N) is 1. The summed E-state index contributed by atoms with van der Waals surface area (Å²) in [6.07, 6.45) is -1.35. The van der Waals surface area contributed by atoms with E-state index in [1.165, 1.54) is 11.0 Å². The molecule has 0 unspecified atom stereocenters. The van der Waals surface area contributed by atoms with E-state index in [1.54, 1.807) is 24.3 Å². The molecule has 1 saturated carbocycles. The maximum absolute atomic E-state index is 13.2. The first-order valence-electron chi connectivity index (χ1n) is 11.7. The Balaban J connectivity index is 1.58. The Morgan fingerprint density at radius 3 is 2.27 bits per heavy atom. The molecular weight excluding hydrogens is 505 g/mol. The zero-order chi connectivity index (χ0) is 26.7. The van der Waals surface area contributed by atoms with Crippen molar-refractivity contribution in [1.82, 2.24) is 25.1 Å². The zero-order valence-corrected chi connectivity index (χ0v) is 20.7. The van der Waals surface area contributed by atoms with Gasteiger partial charge in [-0.3, -0.25) is 14.2 Å². The summed E-state index contributed by atoms with van der Waals surface area (Å²) in [6.45, 7) is 0.115. The van der Waals surface area contributed by atoms with Crippen molar-refractivity contribution in [2.45, 2.75) is 18.4 Å². The van der Waals surface area contributed by atoms with Gasteiger partial charge in [-0.05, 0) is 18.4 Å². The van der Waals surface area contributed by atoms with E-state index in [4.69, 9.17) is 5.11 Å². The van der Waals surface area contributed by atoms with Crippen molar-refractivity contribution in [3.05, 3.63) is 47.8 Å². The molecule has 198 valence electrons. The Bertz CT molecular complexity index is 1210. The Kier molecular flexibility index (Phi) is 7.88. The molecule has 2 aliphatic rings. The van der Waals surface area contributed by atoms with Gasteiger partial charge in [-0.1, -0.05) is 30.3 Å². The number of rotatable bonds is 8. The molecule has 2 aromatic rings. The minimum absolute atomic E-state index is 0.0166. The lowest BCUT2D eigenvalue weighted by Gasteiger charge is -2.35. The van der Waals surface area contributed by atoms with Crippen LogP contribution in [0.5, 0.6) is 0 Å². The first-order chi connectivity index (χ1) is 17.6. The predicted octanol–water partition coefficient (Wildman–Crippen LogP) is 0.338. The summed E-state index contributed by atoms with van der Waals surface area (Å²) in [4.78, 5) is 67.9. The maximum atomic E-state index is 13.2. The Morgan fingerprint density at radius 2 is 1.70 bits per heavy atom. The van der Waals surface area contributed by atoms with Crippen molar-refractivity contribution in [2.75, 3.05) is 38.9 Å². The Labute approximate surface area is 212 Å². The highest BCUT2D eigenvalue weighted by molar-refractivity contribution is 7.51. The molecule has 5 N–H and O–H groups in total. The van der Waals surface area contributed by atoms with Crippen LogP contribution in [0.15, 0.2) is 36.4 Å². The smallest absolute Gasteiger partial charge is 0.407 e. The third-order valence-electron chi connectivity index (χ3n) is 6.43. The Hall–Kier alpha value is -3.38. The maximum Gasteiger partial charge on any atom is 0.407 e. The predicted molar refractivity (Wildman–Crippen MR) is 130 cm³/mol. The van der Waals surface area contributed by atoms with E-state index in [0.717, 1.165) is 4.90 Å². The average Bonchev–Trinajstić information content (AvgIpc) is 3.67. The largest absolute Gasteiger partial charge is 0.465 e. The highest BCUT2D eigenvalue weighted by Crippen LogP contribution is 2.46. The van der Waals surface area contributed by atoms with Gasteiger partial charge in [0.1, 0.15) is 11.7 Å². The molecule has 1 aromatic heterocycles. The van der Waals surface area contributed by atoms with Gasteiger partial charge in [-0.25, -0.2) is 14.8 Å². The lowest BCUT2D eigenvalue weighted by Crippen LogP contribution is -2.56. The summed E-state index contributed by atoms with van der Waals surface area (Å²) in [5.74, 6) is -1.29. The molecule has 2 fully saturated rings. The number of aliphatic hydroxyl groups is 1. The van der Waals surface area contributed by atoms with Gasteiger partial charge in [0.25, 0.3) is 5.91 Å². The summed E-state index contributed by atoms with van der Waals surface area (Å²) in [6, 6.07) is 8.86. The second-order valence-corrected chi connectivity index (χ2v) is 10.8. The first kappa shape index (κ1) is 26.7. The summed E-state index contributed by atoms with van der Waals surface area (Å²) in [7, 11) is -4.71. The number of benzene rings is 1. The molecular formula is C23H28N5O8P. The van der Waals surface area contributed by atoms with Crippen LogP contribution in [-0.2, 0) is 9.36 Å². The van der Waals surface area contributed by atoms with E-state index in [0.29, 0.717) is 17.7 Å². The van der Waals surface area contributed by atoms with Gasteiger partial charge in [0.05, 0.1) is 6.16 Å². The fraction of sp³-hybridized carbons (Fsp3) is 0.435. The molecule has 1 aliphatic heterocycles. The third kappa shape index (κ3) is 6.69. The number of carboxylic acid groups (broad SMARTS) is 1. The van der Waals surface area contributed by atoms with Crippen molar-refractivity contribution in [3.63, 3.8) is 0 Å². The average molecular weight is 533 g/mol. The molecule has 14 heteroatoms. The normalized spacial score (nSPS) is 20.3. The molecule has 2 heterocycles. The third-order valence-corrected chi connectivity index (χ3v) is 7.27. The number of amides is 3. The van der Waals surface area contributed by atoms with Crippen LogP contribution in [-0.4, -0.2) is 103 Å². The van der Waals surface area contributed by atoms with E-state index >= 15 is 0 Å². The fourth-order valence-electron chi connectivity index (χ4n) is 4.29. The standard InChI is InChI=1S/C23H28N5O8P/c29-12-15-10-16(15)17-11-18(25-20(24-17)14-4-2-1-3-5-14)21(30)26-19(13-37(34,35)36)22(31)27-6-8-28(9-7-27)23(32)33/h1-5,11,15-16,19,29H,6-10,12-13H2,(H,26,30)(H,32,33)(H2,34,35,36)/t15-,16+,19+/m1/s1. The van der Waals surface area contributed by atoms with E-state index in [9.17, 15) is 33.8 Å². The van der Waals surface area contributed by atoms with Crippen LogP contribution in [0.3, 0.4) is 0 Å². The lowest BCUT2D eigenvalue weighted by molar-refractivity contribution is -0.134. The van der Waals surface area contributed by atoms with Crippen LogP contribution in [0.4, 0.5) is 4.79 Å². The number of carbonyl (C=O) groups excluding carboxylic acids is 2. The molecule has 4 rings (SSSR count). The quantitative estimate of drug-likeness (QED) is 0.295. The van der Waals surface area contributed by atoms with Crippen molar-refractivity contribution >= 4 is 25.5 Å². The van der Waals surface area contributed by atoms with Crippen molar-refractivity contribution in [1.29, 1.82) is 0 Å². The number of piperazine rings is 1. The molecule has 1 saturated heterocycles. The molecule has 3 atom stereocenters. The molecule has 0 bridgehead atoms. The van der Waals surface area contributed by atoms with Crippen LogP contribution >= 0.6 is 7.60 Å². The zero-order valence-electron chi connectivity index (χ0n) is 19.8. The van der Waals surface area contributed by atoms with Crippen molar-refractivity contribution in [3.8, 4) is 11.4 Å². The molecule has 1 aromatic carbocycles. The van der Waals surface area contributed by atoms with Gasteiger partial charge in [0.15, 0.2) is 5.82 Å². The van der Waals surface area contributed by atoms with Gasteiger partial charge >= 0.3 is 13.7 Å². The van der Waals surface area contributed by atoms with Gasteiger partial charge in [-0.15, -0.1) is 0 Å². The number of aromatic nitrogens is 2. The number of hydrogen-bond donors (Lipinski definition) is 5. The van der Waals surface area contributed by atoms with Crippen LogP contribution in [0.2, 0.25) is 0 Å². The van der Waals surface area contributed by atoms with Gasteiger partial charge < -0.3 is 35.1 Å². The van der Waals surface area contributed by atoms with Crippen LogP contribution in [0.25, 0.3) is 11.4 Å². The second kappa shape index (κ2) is 10.9. The van der Waals surface area contributed by atoms with Gasteiger partial charge in [0, 0.05) is 50.0 Å². The number of carbonyl (C=O) groups is 3. The SMILES string of the molecule is O=C(N[C@@H](CP(=O)(O)O)C(=O)N1CCN(C(=O)O)CC1)c1cc([C@H]2C[C@@H]2CO)nc(-c2ccccc2)n1. The summed E-state index contributed by atoms with van der Waals surface area (Å²) in [5.41, 5.74) is 1.13. The highest BCUT2D eigenvalue weighted by Gasteiger charge is 2.40. The number of nitrogens with zero attached hydrogens (tertiary/aromatic N) is 4. The summed E-state index contributed by atoms with van der Waals surface area (Å²) < 4.78 is 11.8. The van der Waals surface area contributed by atoms with Crippen molar-refractivity contribution in [2.24, 2.45) is 5.92 Å².